The maximum atomic E-state index is 12.3. The van der Waals surface area contributed by atoms with Crippen LogP contribution in [0.1, 0.15) is 15.9 Å². The summed E-state index contributed by atoms with van der Waals surface area (Å²) < 4.78 is 5.76. The van der Waals surface area contributed by atoms with Crippen LogP contribution in [0.5, 0.6) is 11.5 Å². The quantitative estimate of drug-likeness (QED) is 0.729. The van der Waals surface area contributed by atoms with Crippen LogP contribution in [0.2, 0.25) is 0 Å². The van der Waals surface area contributed by atoms with Crippen molar-refractivity contribution >= 4 is 5.91 Å². The first-order valence-corrected chi connectivity index (χ1v) is 7.96. The molecule has 0 saturated heterocycles. The molecular weight excluding hydrogens is 298 g/mol. The van der Waals surface area contributed by atoms with E-state index in [2.05, 4.69) is 17.4 Å². The Morgan fingerprint density at radius 2 is 1.46 bits per heavy atom. The van der Waals surface area contributed by atoms with Crippen molar-refractivity contribution in [1.29, 1.82) is 0 Å². The molecule has 0 aliphatic heterocycles. The van der Waals surface area contributed by atoms with Crippen LogP contribution in [-0.4, -0.2) is 12.5 Å². The van der Waals surface area contributed by atoms with E-state index in [-0.39, 0.29) is 5.91 Å². The monoisotopic (exact) mass is 317 g/mol. The predicted molar refractivity (Wildman–Crippen MR) is 95.4 cm³/mol. The molecule has 1 N–H and O–H groups in total. The van der Waals surface area contributed by atoms with E-state index in [9.17, 15) is 4.79 Å². The Morgan fingerprint density at radius 1 is 0.792 bits per heavy atom. The van der Waals surface area contributed by atoms with E-state index in [0.29, 0.717) is 17.9 Å². The molecule has 0 radical (unpaired) electrons. The first-order chi connectivity index (χ1) is 11.8. The summed E-state index contributed by atoms with van der Waals surface area (Å²) in [5, 5.41) is 2.94. The van der Waals surface area contributed by atoms with Gasteiger partial charge in [-0.3, -0.25) is 4.79 Å². The lowest BCUT2D eigenvalue weighted by Gasteiger charge is -2.08. The first-order valence-electron chi connectivity index (χ1n) is 7.96. The molecule has 3 aromatic carbocycles. The summed E-state index contributed by atoms with van der Waals surface area (Å²) in [5.41, 5.74) is 1.80. The van der Waals surface area contributed by atoms with Gasteiger partial charge in [-0.15, -0.1) is 0 Å². The van der Waals surface area contributed by atoms with Crippen LogP contribution in [0.15, 0.2) is 84.9 Å². The molecule has 0 fully saturated rings. The van der Waals surface area contributed by atoms with Crippen molar-refractivity contribution in [2.75, 3.05) is 6.54 Å². The van der Waals surface area contributed by atoms with E-state index in [0.717, 1.165) is 12.2 Å². The van der Waals surface area contributed by atoms with Crippen molar-refractivity contribution in [2.24, 2.45) is 0 Å². The van der Waals surface area contributed by atoms with E-state index in [1.807, 2.05) is 60.7 Å². The largest absolute Gasteiger partial charge is 0.457 e. The number of ether oxygens (including phenoxy) is 1. The summed E-state index contributed by atoms with van der Waals surface area (Å²) >= 11 is 0. The number of carbonyl (C=O) groups is 1. The van der Waals surface area contributed by atoms with Crippen LogP contribution in [0.25, 0.3) is 0 Å². The standard InChI is InChI=1S/C21H19NO2/c23-21(22-15-14-17-8-3-1-4-9-17)18-10-7-13-20(16-18)24-19-11-5-2-6-12-19/h1-13,16H,14-15H2,(H,22,23). The summed E-state index contributed by atoms with van der Waals surface area (Å²) in [6.07, 6.45) is 0.812. The highest BCUT2D eigenvalue weighted by Crippen LogP contribution is 2.21. The molecule has 24 heavy (non-hydrogen) atoms. The van der Waals surface area contributed by atoms with Gasteiger partial charge in [0.1, 0.15) is 11.5 Å². The van der Waals surface area contributed by atoms with Gasteiger partial charge in [0.2, 0.25) is 0 Å². The van der Waals surface area contributed by atoms with Crippen molar-refractivity contribution in [1.82, 2.24) is 5.32 Å². The Balaban J connectivity index is 1.58. The number of amides is 1. The summed E-state index contributed by atoms with van der Waals surface area (Å²) in [4.78, 5) is 12.3. The third kappa shape index (κ3) is 4.46. The highest BCUT2D eigenvalue weighted by atomic mass is 16.5. The first kappa shape index (κ1) is 15.8. The molecule has 3 rings (SSSR count). The van der Waals surface area contributed by atoms with Crippen LogP contribution < -0.4 is 10.1 Å². The zero-order chi connectivity index (χ0) is 16.6. The van der Waals surface area contributed by atoms with Crippen LogP contribution in [0.3, 0.4) is 0 Å². The second-order valence-corrected chi connectivity index (χ2v) is 5.43. The third-order valence-corrected chi connectivity index (χ3v) is 3.62. The van der Waals surface area contributed by atoms with Crippen LogP contribution in [-0.2, 0) is 6.42 Å². The smallest absolute Gasteiger partial charge is 0.251 e. The average Bonchev–Trinajstić information content (AvgIpc) is 2.64. The Bertz CT molecular complexity index is 785. The van der Waals surface area contributed by atoms with Gasteiger partial charge in [-0.05, 0) is 42.3 Å². The number of nitrogens with one attached hydrogen (secondary N) is 1. The molecular formula is C21H19NO2. The zero-order valence-electron chi connectivity index (χ0n) is 13.3. The van der Waals surface area contributed by atoms with Crippen molar-refractivity contribution in [2.45, 2.75) is 6.42 Å². The Labute approximate surface area is 141 Å². The fourth-order valence-corrected chi connectivity index (χ4v) is 2.39. The highest BCUT2D eigenvalue weighted by Gasteiger charge is 2.07. The van der Waals surface area contributed by atoms with Gasteiger partial charge in [-0.25, -0.2) is 0 Å². The summed E-state index contributed by atoms with van der Waals surface area (Å²) in [5.74, 6) is 1.31. The number of rotatable bonds is 6. The Kier molecular flexibility index (Phi) is 5.25. The average molecular weight is 317 g/mol. The molecule has 3 heteroatoms. The molecule has 120 valence electrons. The van der Waals surface area contributed by atoms with Crippen LogP contribution in [0.4, 0.5) is 0 Å². The van der Waals surface area contributed by atoms with Crippen molar-refractivity contribution < 1.29 is 9.53 Å². The molecule has 1 amide bonds. The molecule has 0 bridgehead atoms. The van der Waals surface area contributed by atoms with Gasteiger partial charge in [0, 0.05) is 12.1 Å². The molecule has 0 saturated carbocycles. The maximum Gasteiger partial charge on any atom is 0.251 e. The minimum absolute atomic E-state index is 0.0931. The van der Waals surface area contributed by atoms with Gasteiger partial charge < -0.3 is 10.1 Å². The van der Waals surface area contributed by atoms with Gasteiger partial charge >= 0.3 is 0 Å². The Morgan fingerprint density at radius 3 is 2.21 bits per heavy atom. The maximum absolute atomic E-state index is 12.3. The fourth-order valence-electron chi connectivity index (χ4n) is 2.39. The predicted octanol–water partition coefficient (Wildman–Crippen LogP) is 4.45. The Hall–Kier alpha value is -3.07. The molecule has 3 nitrogen and oxygen atoms in total. The molecule has 0 aliphatic rings. The zero-order valence-corrected chi connectivity index (χ0v) is 13.3. The topological polar surface area (TPSA) is 38.3 Å². The molecule has 0 unspecified atom stereocenters. The van der Waals surface area contributed by atoms with E-state index >= 15 is 0 Å². The molecule has 3 aromatic rings. The number of benzene rings is 3. The molecule has 0 atom stereocenters. The molecule has 0 heterocycles. The van der Waals surface area contributed by atoms with E-state index in [1.54, 1.807) is 12.1 Å². The summed E-state index contributed by atoms with van der Waals surface area (Å²) in [7, 11) is 0. The number of para-hydroxylation sites is 1. The minimum Gasteiger partial charge on any atom is -0.457 e. The molecule has 0 spiro atoms. The number of carbonyl (C=O) groups excluding carboxylic acids is 1. The minimum atomic E-state index is -0.0931. The highest BCUT2D eigenvalue weighted by molar-refractivity contribution is 5.94. The van der Waals surface area contributed by atoms with Crippen molar-refractivity contribution in [3.8, 4) is 11.5 Å². The molecule has 0 aliphatic carbocycles. The number of hydrogen-bond donors (Lipinski definition) is 1. The van der Waals surface area contributed by atoms with E-state index in [4.69, 9.17) is 4.74 Å². The van der Waals surface area contributed by atoms with Crippen LogP contribution >= 0.6 is 0 Å². The lowest BCUT2D eigenvalue weighted by molar-refractivity contribution is 0.0954. The van der Waals surface area contributed by atoms with E-state index in [1.165, 1.54) is 5.56 Å². The SMILES string of the molecule is O=C(NCCc1ccccc1)c1cccc(Oc2ccccc2)c1. The fraction of sp³-hybridized carbons (Fsp3) is 0.0952. The van der Waals surface area contributed by atoms with Gasteiger partial charge in [0.15, 0.2) is 0 Å². The van der Waals surface area contributed by atoms with Gasteiger partial charge in [-0.2, -0.15) is 0 Å². The van der Waals surface area contributed by atoms with Gasteiger partial charge in [-0.1, -0.05) is 54.6 Å². The molecule has 0 aromatic heterocycles. The van der Waals surface area contributed by atoms with Gasteiger partial charge in [0.25, 0.3) is 5.91 Å². The van der Waals surface area contributed by atoms with Crippen LogP contribution in [0, 0.1) is 0 Å². The number of hydrogen-bond acceptors (Lipinski definition) is 2. The summed E-state index contributed by atoms with van der Waals surface area (Å²) in [6, 6.07) is 26.8. The normalized spacial score (nSPS) is 10.2. The van der Waals surface area contributed by atoms with Gasteiger partial charge in [0.05, 0.1) is 0 Å². The second kappa shape index (κ2) is 7.97. The van der Waals surface area contributed by atoms with Crippen molar-refractivity contribution in [3.05, 3.63) is 96.1 Å². The summed E-state index contributed by atoms with van der Waals surface area (Å²) in [6.45, 7) is 0.604. The van der Waals surface area contributed by atoms with E-state index < -0.39 is 0 Å². The lowest BCUT2D eigenvalue weighted by atomic mass is 10.1. The second-order valence-electron chi connectivity index (χ2n) is 5.43. The van der Waals surface area contributed by atoms with Crippen molar-refractivity contribution in [3.63, 3.8) is 0 Å². The third-order valence-electron chi connectivity index (χ3n) is 3.62. The lowest BCUT2D eigenvalue weighted by Crippen LogP contribution is -2.25.